The molecule has 0 atom stereocenters. The lowest BCUT2D eigenvalue weighted by Gasteiger charge is -2.34. The lowest BCUT2D eigenvalue weighted by atomic mass is 9.93. The Kier molecular flexibility index (Phi) is 9.92. The molecule has 2 heterocycles. The van der Waals surface area contributed by atoms with Gasteiger partial charge in [-0.05, 0) is 95.1 Å². The maximum absolute atomic E-state index is 13.0. The van der Waals surface area contributed by atoms with Gasteiger partial charge in [0.2, 0.25) is 15.9 Å². The number of piperidine rings is 1. The number of aryl methyl sites for hydroxylation is 2. The van der Waals surface area contributed by atoms with Crippen LogP contribution in [0.3, 0.4) is 0 Å². The van der Waals surface area contributed by atoms with Crippen LogP contribution in [0.1, 0.15) is 36.8 Å². The van der Waals surface area contributed by atoms with Crippen molar-refractivity contribution in [3.05, 3.63) is 41.6 Å². The monoisotopic (exact) mass is 531 g/mol. The molecule has 9 nitrogen and oxygen atoms in total. The molecule has 1 aromatic heterocycles. The van der Waals surface area contributed by atoms with Crippen LogP contribution in [-0.4, -0.2) is 82.9 Å². The van der Waals surface area contributed by atoms with Gasteiger partial charge < -0.3 is 19.9 Å². The molecule has 1 amide bonds. The molecule has 0 spiro atoms. The normalized spacial score (nSPS) is 14.9. The molecular weight excluding hydrogens is 490 g/mol. The summed E-state index contributed by atoms with van der Waals surface area (Å²) in [6.07, 6.45) is 5.28. The zero-order valence-corrected chi connectivity index (χ0v) is 23.8. The van der Waals surface area contributed by atoms with Gasteiger partial charge in [0.25, 0.3) is 0 Å². The Labute approximate surface area is 221 Å². The number of anilines is 2. The minimum Gasteiger partial charge on any atom is -0.497 e. The smallest absolute Gasteiger partial charge is 0.243 e. The molecule has 1 aliphatic rings. The molecule has 0 bridgehead atoms. The van der Waals surface area contributed by atoms with Gasteiger partial charge >= 0.3 is 0 Å². The molecule has 0 radical (unpaired) electrons. The van der Waals surface area contributed by atoms with Crippen LogP contribution in [0.15, 0.2) is 35.4 Å². The number of ether oxygens (including phenoxy) is 1. The van der Waals surface area contributed by atoms with Gasteiger partial charge in [-0.1, -0.05) is 0 Å². The fraction of sp³-hybridized carbons (Fsp3) is 0.556. The largest absolute Gasteiger partial charge is 0.497 e. The summed E-state index contributed by atoms with van der Waals surface area (Å²) in [4.78, 5) is 22.0. The molecule has 1 aromatic carbocycles. The summed E-state index contributed by atoms with van der Waals surface area (Å²) in [7, 11) is 3.53. The molecule has 3 rings (SSSR count). The van der Waals surface area contributed by atoms with Crippen LogP contribution in [0.2, 0.25) is 0 Å². The van der Waals surface area contributed by atoms with E-state index in [1.807, 2.05) is 13.0 Å². The molecule has 1 fully saturated rings. The van der Waals surface area contributed by atoms with Crippen LogP contribution in [-0.2, 0) is 14.8 Å². The first-order valence-electron chi connectivity index (χ1n) is 12.8. The van der Waals surface area contributed by atoms with Gasteiger partial charge in [0, 0.05) is 33.1 Å². The summed E-state index contributed by atoms with van der Waals surface area (Å²) < 4.78 is 32.3. The van der Waals surface area contributed by atoms with Crippen molar-refractivity contribution in [2.24, 2.45) is 5.92 Å². The minimum absolute atomic E-state index is 0.0339. The molecule has 1 aliphatic heterocycles. The molecule has 204 valence electrons. The number of carbonyl (C=O) groups is 1. The highest BCUT2D eigenvalue weighted by Gasteiger charge is 2.24. The lowest BCUT2D eigenvalue weighted by molar-refractivity contribution is -0.116. The fourth-order valence-corrected chi connectivity index (χ4v) is 6.02. The average Bonchev–Trinajstić information content (AvgIpc) is 2.86. The number of nitrogens with zero attached hydrogens (tertiary/aromatic N) is 4. The van der Waals surface area contributed by atoms with E-state index in [-0.39, 0.29) is 23.8 Å². The van der Waals surface area contributed by atoms with Crippen molar-refractivity contribution in [3.63, 3.8) is 0 Å². The van der Waals surface area contributed by atoms with E-state index in [2.05, 4.69) is 34.2 Å². The second-order valence-corrected chi connectivity index (χ2v) is 12.2. The van der Waals surface area contributed by atoms with E-state index in [0.717, 1.165) is 36.9 Å². The highest BCUT2D eigenvalue weighted by atomic mass is 32.2. The SMILES string of the molecule is COc1ccc(S(=O)(=O)N(C)CCC(=O)Nc2cnc(N3CCC(CCN(C)C)CC3)c(C)c2)c(C)c1. The number of aromatic nitrogens is 1. The number of amides is 1. The summed E-state index contributed by atoms with van der Waals surface area (Å²) >= 11 is 0. The Bertz CT molecular complexity index is 1180. The fourth-order valence-electron chi connectivity index (χ4n) is 4.65. The van der Waals surface area contributed by atoms with Crippen molar-refractivity contribution < 1.29 is 17.9 Å². The first-order valence-corrected chi connectivity index (χ1v) is 14.2. The zero-order valence-electron chi connectivity index (χ0n) is 23.0. The second-order valence-electron chi connectivity index (χ2n) is 10.1. The third kappa shape index (κ3) is 7.66. The Hall–Kier alpha value is -2.69. The van der Waals surface area contributed by atoms with Crippen molar-refractivity contribution in [2.45, 2.75) is 44.4 Å². The molecule has 0 saturated carbocycles. The number of hydrogen-bond donors (Lipinski definition) is 1. The van der Waals surface area contributed by atoms with E-state index < -0.39 is 10.0 Å². The van der Waals surface area contributed by atoms with Crippen molar-refractivity contribution >= 4 is 27.4 Å². The van der Waals surface area contributed by atoms with E-state index in [4.69, 9.17) is 4.74 Å². The number of methoxy groups -OCH3 is 1. The Morgan fingerprint density at radius 2 is 1.81 bits per heavy atom. The Morgan fingerprint density at radius 3 is 2.41 bits per heavy atom. The molecule has 1 saturated heterocycles. The van der Waals surface area contributed by atoms with Gasteiger partial charge in [0.15, 0.2) is 0 Å². The van der Waals surface area contributed by atoms with Crippen LogP contribution < -0.4 is 15.0 Å². The predicted molar refractivity (Wildman–Crippen MR) is 148 cm³/mol. The topological polar surface area (TPSA) is 95.1 Å². The molecule has 0 unspecified atom stereocenters. The van der Waals surface area contributed by atoms with Crippen LogP contribution >= 0.6 is 0 Å². The first kappa shape index (κ1) is 28.9. The highest BCUT2D eigenvalue weighted by Crippen LogP contribution is 2.28. The first-order chi connectivity index (χ1) is 17.5. The van der Waals surface area contributed by atoms with Crippen molar-refractivity contribution in [3.8, 4) is 5.75 Å². The van der Waals surface area contributed by atoms with Crippen LogP contribution in [0.5, 0.6) is 5.75 Å². The number of nitrogens with one attached hydrogen (secondary N) is 1. The number of pyridine rings is 1. The van der Waals surface area contributed by atoms with Crippen molar-refractivity contribution in [2.75, 3.05) is 64.6 Å². The van der Waals surface area contributed by atoms with E-state index in [0.29, 0.717) is 17.0 Å². The summed E-state index contributed by atoms with van der Waals surface area (Å²) in [5.74, 6) is 2.06. The second kappa shape index (κ2) is 12.7. The molecule has 10 heteroatoms. The van der Waals surface area contributed by atoms with Gasteiger partial charge in [0.1, 0.15) is 11.6 Å². The standard InChI is InChI=1S/C27H41N5O4S/c1-20-18-24(36-6)7-8-25(20)37(34,35)31(5)14-12-26(33)29-23-17-21(2)27(28-19-23)32-15-10-22(11-16-32)9-13-30(3)4/h7-8,17-19,22H,9-16H2,1-6H3,(H,29,33). The third-order valence-corrected chi connectivity index (χ3v) is 8.97. The number of carbonyl (C=O) groups excluding carboxylic acids is 1. The van der Waals surface area contributed by atoms with E-state index in [1.54, 1.807) is 25.3 Å². The van der Waals surface area contributed by atoms with Gasteiger partial charge in [-0.2, -0.15) is 0 Å². The van der Waals surface area contributed by atoms with Crippen LogP contribution in [0, 0.1) is 19.8 Å². The highest BCUT2D eigenvalue weighted by molar-refractivity contribution is 7.89. The van der Waals surface area contributed by atoms with Gasteiger partial charge in [-0.25, -0.2) is 17.7 Å². The summed E-state index contributed by atoms with van der Waals surface area (Å²) in [6.45, 7) is 6.90. The van der Waals surface area contributed by atoms with E-state index in [1.165, 1.54) is 43.8 Å². The summed E-state index contributed by atoms with van der Waals surface area (Å²) in [6, 6.07) is 6.76. The van der Waals surface area contributed by atoms with Crippen molar-refractivity contribution in [1.82, 2.24) is 14.2 Å². The summed E-state index contributed by atoms with van der Waals surface area (Å²) in [5.41, 5.74) is 2.22. The average molecular weight is 532 g/mol. The molecular formula is C27H41N5O4S. The van der Waals surface area contributed by atoms with Crippen LogP contribution in [0.25, 0.3) is 0 Å². The zero-order chi connectivity index (χ0) is 27.2. The summed E-state index contributed by atoms with van der Waals surface area (Å²) in [5, 5.41) is 2.86. The molecule has 1 N–H and O–H groups in total. The quantitative estimate of drug-likeness (QED) is 0.474. The third-order valence-electron chi connectivity index (χ3n) is 6.96. The van der Waals surface area contributed by atoms with Gasteiger partial charge in [-0.15, -0.1) is 0 Å². The minimum atomic E-state index is -3.72. The maximum Gasteiger partial charge on any atom is 0.243 e. The Balaban J connectivity index is 1.52. The van der Waals surface area contributed by atoms with Gasteiger partial charge in [-0.3, -0.25) is 4.79 Å². The maximum atomic E-state index is 13.0. The van der Waals surface area contributed by atoms with Crippen LogP contribution in [0.4, 0.5) is 11.5 Å². The predicted octanol–water partition coefficient (Wildman–Crippen LogP) is 3.52. The van der Waals surface area contributed by atoms with E-state index >= 15 is 0 Å². The number of benzene rings is 1. The van der Waals surface area contributed by atoms with E-state index in [9.17, 15) is 13.2 Å². The molecule has 2 aromatic rings. The molecule has 37 heavy (non-hydrogen) atoms. The number of hydrogen-bond acceptors (Lipinski definition) is 7. The van der Waals surface area contributed by atoms with Crippen molar-refractivity contribution in [1.29, 1.82) is 0 Å². The van der Waals surface area contributed by atoms with Gasteiger partial charge in [0.05, 0.1) is 23.9 Å². The Morgan fingerprint density at radius 1 is 1.11 bits per heavy atom. The molecule has 0 aliphatic carbocycles. The number of rotatable bonds is 11. The lowest BCUT2D eigenvalue weighted by Crippen LogP contribution is -2.35. The number of sulfonamides is 1.